The Labute approximate surface area is 174 Å². The lowest BCUT2D eigenvalue weighted by Crippen LogP contribution is -2.43. The summed E-state index contributed by atoms with van der Waals surface area (Å²) in [5.74, 6) is -0.354. The Balaban J connectivity index is 1.54. The van der Waals surface area contributed by atoms with Crippen LogP contribution < -0.4 is 10.1 Å². The van der Waals surface area contributed by atoms with Gasteiger partial charge in [-0.2, -0.15) is 4.31 Å². The van der Waals surface area contributed by atoms with E-state index in [2.05, 4.69) is 10.1 Å². The summed E-state index contributed by atoms with van der Waals surface area (Å²) in [4.78, 5) is 12.2. The summed E-state index contributed by atoms with van der Waals surface area (Å²) < 4.78 is 67.8. The molecule has 1 heterocycles. The third-order valence-electron chi connectivity index (χ3n) is 5.79. The molecule has 1 aromatic rings. The highest BCUT2D eigenvalue weighted by molar-refractivity contribution is 7.89. The summed E-state index contributed by atoms with van der Waals surface area (Å²) in [6.07, 6.45) is 1.79. The molecule has 168 valence electrons. The van der Waals surface area contributed by atoms with Gasteiger partial charge in [0.2, 0.25) is 15.9 Å². The number of benzene rings is 1. The highest BCUT2D eigenvalue weighted by Gasteiger charge is 2.34. The van der Waals surface area contributed by atoms with Gasteiger partial charge in [-0.15, -0.1) is 13.2 Å². The second-order valence-electron chi connectivity index (χ2n) is 7.95. The fourth-order valence-corrected chi connectivity index (χ4v) is 5.63. The van der Waals surface area contributed by atoms with Crippen molar-refractivity contribution in [1.82, 2.24) is 9.62 Å². The first kappa shape index (κ1) is 22.9. The van der Waals surface area contributed by atoms with Crippen LogP contribution in [0.1, 0.15) is 44.9 Å². The first-order valence-electron chi connectivity index (χ1n) is 10.3. The predicted octanol–water partition coefficient (Wildman–Crippen LogP) is 3.68. The lowest BCUT2D eigenvalue weighted by atomic mass is 9.89. The van der Waals surface area contributed by atoms with Crippen molar-refractivity contribution in [3.63, 3.8) is 0 Å². The van der Waals surface area contributed by atoms with E-state index in [9.17, 15) is 26.4 Å². The highest BCUT2D eigenvalue weighted by Crippen LogP contribution is 2.29. The molecule has 1 N–H and O–H groups in total. The molecule has 1 amide bonds. The maximum atomic E-state index is 12.8. The van der Waals surface area contributed by atoms with E-state index in [0.29, 0.717) is 25.3 Å². The quantitative estimate of drug-likeness (QED) is 0.720. The molecule has 2 fully saturated rings. The van der Waals surface area contributed by atoms with Crippen molar-refractivity contribution in [2.75, 3.05) is 19.6 Å². The standard InChI is InChI=1S/C20H27F3N2O4S/c21-20(22,23)29-17-7-4-8-18(13-17)30(27,28)25-11-9-16(10-12-25)19(26)24-14-15-5-2-1-3-6-15/h4,7-8,13,15-16H,1-3,5-6,9-12,14H2,(H,24,26). The highest BCUT2D eigenvalue weighted by atomic mass is 32.2. The Morgan fingerprint density at radius 3 is 2.40 bits per heavy atom. The number of alkyl halides is 3. The number of ether oxygens (including phenoxy) is 1. The van der Waals surface area contributed by atoms with Gasteiger partial charge >= 0.3 is 6.36 Å². The smallest absolute Gasteiger partial charge is 0.406 e. The van der Waals surface area contributed by atoms with Crippen LogP contribution in [0.25, 0.3) is 0 Å². The molecule has 0 unspecified atom stereocenters. The Bertz CT molecular complexity index is 831. The number of piperidine rings is 1. The molecule has 0 spiro atoms. The fourth-order valence-electron chi connectivity index (χ4n) is 4.12. The van der Waals surface area contributed by atoms with E-state index >= 15 is 0 Å². The molecule has 0 aromatic heterocycles. The van der Waals surface area contributed by atoms with Crippen molar-refractivity contribution in [2.45, 2.75) is 56.2 Å². The summed E-state index contributed by atoms with van der Waals surface area (Å²) in [7, 11) is -3.96. The van der Waals surface area contributed by atoms with Crippen LogP contribution in [0.15, 0.2) is 29.2 Å². The van der Waals surface area contributed by atoms with Gasteiger partial charge in [-0.3, -0.25) is 4.79 Å². The predicted molar refractivity (Wildman–Crippen MR) is 104 cm³/mol. The number of sulfonamides is 1. The maximum absolute atomic E-state index is 12.8. The molecule has 30 heavy (non-hydrogen) atoms. The minimum absolute atomic E-state index is 0.0433. The average Bonchev–Trinajstić information content (AvgIpc) is 2.72. The molecular weight excluding hydrogens is 421 g/mol. The second kappa shape index (κ2) is 9.55. The van der Waals surface area contributed by atoms with E-state index in [0.717, 1.165) is 25.0 Å². The Morgan fingerprint density at radius 2 is 1.77 bits per heavy atom. The molecule has 1 aliphatic heterocycles. The van der Waals surface area contributed by atoms with Crippen molar-refractivity contribution in [2.24, 2.45) is 11.8 Å². The molecular formula is C20H27F3N2O4S. The van der Waals surface area contributed by atoms with Gasteiger partial charge in [0.1, 0.15) is 5.75 Å². The summed E-state index contributed by atoms with van der Waals surface area (Å²) in [5.41, 5.74) is 0. The van der Waals surface area contributed by atoms with Crippen LogP contribution >= 0.6 is 0 Å². The molecule has 1 aromatic carbocycles. The van der Waals surface area contributed by atoms with Crippen LogP contribution in [-0.2, 0) is 14.8 Å². The number of hydrogen-bond donors (Lipinski definition) is 1. The van der Waals surface area contributed by atoms with E-state index in [4.69, 9.17) is 0 Å². The number of rotatable bonds is 6. The third-order valence-corrected chi connectivity index (χ3v) is 7.69. The SMILES string of the molecule is O=C(NCC1CCCCC1)C1CCN(S(=O)(=O)c2cccc(OC(F)(F)F)c2)CC1. The van der Waals surface area contributed by atoms with Crippen molar-refractivity contribution in [3.05, 3.63) is 24.3 Å². The van der Waals surface area contributed by atoms with Gasteiger partial charge in [-0.05, 0) is 43.7 Å². The number of halogens is 3. The largest absolute Gasteiger partial charge is 0.573 e. The molecule has 0 radical (unpaired) electrons. The lowest BCUT2D eigenvalue weighted by Gasteiger charge is -2.31. The van der Waals surface area contributed by atoms with Gasteiger partial charge in [0.05, 0.1) is 4.90 Å². The topological polar surface area (TPSA) is 75.7 Å². The molecule has 1 aliphatic carbocycles. The summed E-state index contributed by atoms with van der Waals surface area (Å²) >= 11 is 0. The van der Waals surface area contributed by atoms with E-state index in [-0.39, 0.29) is 29.8 Å². The zero-order valence-corrected chi connectivity index (χ0v) is 17.5. The molecule has 0 atom stereocenters. The van der Waals surface area contributed by atoms with Crippen LogP contribution in [-0.4, -0.2) is 44.6 Å². The van der Waals surface area contributed by atoms with Crippen molar-refractivity contribution in [3.8, 4) is 5.75 Å². The Morgan fingerprint density at radius 1 is 1.10 bits per heavy atom. The Kier molecular flexibility index (Phi) is 7.28. The first-order chi connectivity index (χ1) is 14.1. The van der Waals surface area contributed by atoms with Crippen LogP contribution in [0.5, 0.6) is 5.75 Å². The number of amides is 1. The van der Waals surface area contributed by atoms with Gasteiger partial charge in [-0.1, -0.05) is 25.3 Å². The van der Waals surface area contributed by atoms with Gasteiger partial charge in [0.15, 0.2) is 0 Å². The third kappa shape index (κ3) is 6.10. The molecule has 1 saturated carbocycles. The maximum Gasteiger partial charge on any atom is 0.573 e. The second-order valence-corrected chi connectivity index (χ2v) is 9.89. The number of nitrogens with zero attached hydrogens (tertiary/aromatic N) is 1. The summed E-state index contributed by atoms with van der Waals surface area (Å²) in [5, 5.41) is 3.01. The van der Waals surface area contributed by atoms with Crippen LogP contribution in [0.2, 0.25) is 0 Å². The van der Waals surface area contributed by atoms with Crippen LogP contribution in [0.4, 0.5) is 13.2 Å². The summed E-state index contributed by atoms with van der Waals surface area (Å²) in [6, 6.07) is 4.36. The van der Waals surface area contributed by atoms with Crippen LogP contribution in [0.3, 0.4) is 0 Å². The monoisotopic (exact) mass is 448 g/mol. The van der Waals surface area contributed by atoms with Gasteiger partial charge in [0, 0.05) is 31.6 Å². The zero-order chi connectivity index (χ0) is 21.8. The fraction of sp³-hybridized carbons (Fsp3) is 0.650. The van der Waals surface area contributed by atoms with Gasteiger partial charge < -0.3 is 10.1 Å². The summed E-state index contributed by atoms with van der Waals surface area (Å²) in [6.45, 7) is 0.964. The Hall–Kier alpha value is -1.81. The van der Waals surface area contributed by atoms with Crippen molar-refractivity contribution < 1.29 is 31.1 Å². The molecule has 3 rings (SSSR count). The van der Waals surface area contributed by atoms with Crippen molar-refractivity contribution in [1.29, 1.82) is 0 Å². The van der Waals surface area contributed by atoms with Crippen molar-refractivity contribution >= 4 is 15.9 Å². The zero-order valence-electron chi connectivity index (χ0n) is 16.7. The number of carbonyl (C=O) groups is 1. The number of nitrogens with one attached hydrogen (secondary N) is 1. The first-order valence-corrected chi connectivity index (χ1v) is 11.7. The average molecular weight is 449 g/mol. The molecule has 2 aliphatic rings. The molecule has 10 heteroatoms. The van der Waals surface area contributed by atoms with Crippen LogP contribution in [0, 0.1) is 11.8 Å². The van der Waals surface area contributed by atoms with E-state index in [1.54, 1.807) is 0 Å². The number of carbonyl (C=O) groups excluding carboxylic acids is 1. The van der Waals surface area contributed by atoms with Gasteiger partial charge in [0.25, 0.3) is 0 Å². The van der Waals surface area contributed by atoms with E-state index in [1.165, 1.54) is 35.7 Å². The minimum atomic E-state index is -4.90. The molecule has 6 nitrogen and oxygen atoms in total. The molecule has 1 saturated heterocycles. The molecule has 0 bridgehead atoms. The normalized spacial score (nSPS) is 20.1. The number of hydrogen-bond acceptors (Lipinski definition) is 4. The lowest BCUT2D eigenvalue weighted by molar-refractivity contribution is -0.274. The van der Waals surface area contributed by atoms with E-state index < -0.39 is 22.1 Å². The van der Waals surface area contributed by atoms with E-state index in [1.807, 2.05) is 0 Å². The van der Waals surface area contributed by atoms with Gasteiger partial charge in [-0.25, -0.2) is 8.42 Å². The minimum Gasteiger partial charge on any atom is -0.406 e.